The van der Waals surface area contributed by atoms with E-state index in [2.05, 4.69) is 21.3 Å². The molecule has 2 saturated heterocycles. The molecule has 4 N–H and O–H groups in total. The quantitative estimate of drug-likeness (QED) is 0.531. The Kier molecular flexibility index (Phi) is 6.62. The van der Waals surface area contributed by atoms with Crippen molar-refractivity contribution >= 4 is 29.0 Å². The zero-order valence-corrected chi connectivity index (χ0v) is 17.9. The molecule has 2 aromatic rings. The number of benzene rings is 2. The zero-order chi connectivity index (χ0) is 23.4. The smallest absolute Gasteiger partial charge is 0.372 e. The summed E-state index contributed by atoms with van der Waals surface area (Å²) in [5, 5.41) is 11.2. The minimum absolute atomic E-state index is 0.127. The Hall–Kier alpha value is -3.43. The number of urea groups is 1. The lowest BCUT2D eigenvalue weighted by atomic mass is 9.96. The van der Waals surface area contributed by atoms with Gasteiger partial charge in [0.15, 0.2) is 0 Å². The van der Waals surface area contributed by atoms with Crippen molar-refractivity contribution in [2.75, 3.05) is 29.9 Å². The van der Waals surface area contributed by atoms with Gasteiger partial charge in [-0.15, -0.1) is 0 Å². The Morgan fingerprint density at radius 2 is 1.61 bits per heavy atom. The largest absolute Gasteiger partial charge is 0.391 e. The third-order valence-electron chi connectivity index (χ3n) is 5.99. The molecule has 2 fully saturated rings. The fraction of sp³-hybridized carbons (Fsp3) is 0.391. The number of carbonyl (C=O) groups excluding carboxylic acids is 2. The Bertz CT molecular complexity index is 971. The van der Waals surface area contributed by atoms with Gasteiger partial charge in [-0.2, -0.15) is 13.2 Å². The van der Waals surface area contributed by atoms with Crippen molar-refractivity contribution in [2.45, 2.75) is 31.6 Å². The molecule has 0 saturated carbocycles. The SMILES string of the molecule is O=C1NC[C@H](C(=O)NCc2ccc(Nc3ccc(N4CCC(C(F)(F)F)CC4)cc3)cc2)N1. The summed E-state index contributed by atoms with van der Waals surface area (Å²) in [6.07, 6.45) is -3.85. The molecule has 0 spiro atoms. The van der Waals surface area contributed by atoms with Gasteiger partial charge in [-0.1, -0.05) is 12.1 Å². The van der Waals surface area contributed by atoms with Crippen LogP contribution in [0, 0.1) is 5.92 Å². The Labute approximate surface area is 189 Å². The molecular weight excluding hydrogens is 435 g/mol. The second-order valence-electron chi connectivity index (χ2n) is 8.30. The van der Waals surface area contributed by atoms with Gasteiger partial charge in [0, 0.05) is 43.2 Å². The van der Waals surface area contributed by atoms with E-state index in [1.54, 1.807) is 0 Å². The molecule has 1 atom stereocenters. The lowest BCUT2D eigenvalue weighted by Crippen LogP contribution is -2.42. The van der Waals surface area contributed by atoms with Crippen LogP contribution in [0.4, 0.5) is 35.0 Å². The van der Waals surface area contributed by atoms with Crippen molar-refractivity contribution in [2.24, 2.45) is 5.92 Å². The third-order valence-corrected chi connectivity index (χ3v) is 5.99. The summed E-state index contributed by atoms with van der Waals surface area (Å²) in [6, 6.07) is 14.3. The highest BCUT2D eigenvalue weighted by Gasteiger charge is 2.41. The van der Waals surface area contributed by atoms with Gasteiger partial charge in [-0.3, -0.25) is 4.79 Å². The van der Waals surface area contributed by atoms with Gasteiger partial charge < -0.3 is 26.2 Å². The highest BCUT2D eigenvalue weighted by Crippen LogP contribution is 2.35. The molecule has 0 aliphatic carbocycles. The molecule has 2 heterocycles. The van der Waals surface area contributed by atoms with Gasteiger partial charge >= 0.3 is 12.2 Å². The monoisotopic (exact) mass is 461 g/mol. The first kappa shape index (κ1) is 22.8. The van der Waals surface area contributed by atoms with Crippen LogP contribution in [0.5, 0.6) is 0 Å². The maximum atomic E-state index is 12.8. The van der Waals surface area contributed by atoms with Crippen LogP contribution in [0.3, 0.4) is 0 Å². The minimum atomic E-state index is -4.11. The molecule has 2 aliphatic rings. The van der Waals surface area contributed by atoms with Crippen LogP contribution < -0.4 is 26.2 Å². The number of nitrogens with one attached hydrogen (secondary N) is 4. The summed E-state index contributed by atoms with van der Waals surface area (Å²) < 4.78 is 38.5. The molecule has 2 aromatic carbocycles. The molecule has 10 heteroatoms. The molecule has 3 amide bonds. The third kappa shape index (κ3) is 5.88. The number of halogens is 3. The topological polar surface area (TPSA) is 85.5 Å². The first-order valence-electron chi connectivity index (χ1n) is 10.9. The fourth-order valence-corrected chi connectivity index (χ4v) is 4.02. The highest BCUT2D eigenvalue weighted by atomic mass is 19.4. The maximum absolute atomic E-state index is 12.8. The van der Waals surface area contributed by atoms with E-state index in [1.165, 1.54) is 0 Å². The Balaban J connectivity index is 1.25. The van der Waals surface area contributed by atoms with E-state index in [0.717, 1.165) is 22.6 Å². The van der Waals surface area contributed by atoms with Crippen LogP contribution in [0.2, 0.25) is 0 Å². The predicted molar refractivity (Wildman–Crippen MR) is 119 cm³/mol. The van der Waals surface area contributed by atoms with Crippen LogP contribution >= 0.6 is 0 Å². The van der Waals surface area contributed by atoms with Gasteiger partial charge in [0.05, 0.1) is 5.92 Å². The summed E-state index contributed by atoms with van der Waals surface area (Å²) >= 11 is 0. The molecule has 176 valence electrons. The van der Waals surface area contributed by atoms with Crippen LogP contribution in [-0.4, -0.2) is 43.8 Å². The standard InChI is InChI=1S/C23H26F3N5O2/c24-23(25,26)16-9-11-31(12-10-16)19-7-5-18(6-8-19)29-17-3-1-15(2-4-17)13-27-21(32)20-14-28-22(33)30-20/h1-8,16,20,29H,9-14H2,(H,27,32)(H2,28,30,33)/t20-/m1/s1. The van der Waals surface area contributed by atoms with E-state index >= 15 is 0 Å². The molecule has 0 bridgehead atoms. The number of piperidine rings is 1. The summed E-state index contributed by atoms with van der Waals surface area (Å²) in [5.74, 6) is -1.44. The van der Waals surface area contributed by atoms with Crippen LogP contribution in [0.15, 0.2) is 48.5 Å². The van der Waals surface area contributed by atoms with Crippen molar-refractivity contribution in [1.29, 1.82) is 0 Å². The Morgan fingerprint density at radius 1 is 1.00 bits per heavy atom. The van der Waals surface area contributed by atoms with Crippen LogP contribution in [-0.2, 0) is 11.3 Å². The second kappa shape index (κ2) is 9.60. The van der Waals surface area contributed by atoms with Gasteiger partial charge in [-0.05, 0) is 54.8 Å². The summed E-state index contributed by atoms with van der Waals surface area (Å²) in [4.78, 5) is 25.1. The van der Waals surface area contributed by atoms with Crippen molar-refractivity contribution in [3.05, 3.63) is 54.1 Å². The van der Waals surface area contributed by atoms with Crippen molar-refractivity contribution < 1.29 is 22.8 Å². The lowest BCUT2D eigenvalue weighted by Gasteiger charge is -2.34. The molecule has 0 aromatic heterocycles. The average molecular weight is 461 g/mol. The van der Waals surface area contributed by atoms with Gasteiger partial charge in [0.2, 0.25) is 5.91 Å². The lowest BCUT2D eigenvalue weighted by molar-refractivity contribution is -0.179. The first-order chi connectivity index (χ1) is 15.8. The minimum Gasteiger partial charge on any atom is -0.372 e. The van der Waals surface area contributed by atoms with Gasteiger partial charge in [0.25, 0.3) is 0 Å². The number of hydrogen-bond acceptors (Lipinski definition) is 4. The maximum Gasteiger partial charge on any atom is 0.391 e. The van der Waals surface area contributed by atoms with Crippen molar-refractivity contribution in [1.82, 2.24) is 16.0 Å². The number of rotatable bonds is 6. The molecule has 0 radical (unpaired) electrons. The highest BCUT2D eigenvalue weighted by molar-refractivity contribution is 5.90. The van der Waals surface area contributed by atoms with Crippen LogP contribution in [0.25, 0.3) is 0 Å². The van der Waals surface area contributed by atoms with E-state index in [4.69, 9.17) is 0 Å². The fourth-order valence-electron chi connectivity index (χ4n) is 4.02. The summed E-state index contributed by atoms with van der Waals surface area (Å²) in [6.45, 7) is 1.43. The number of hydrogen-bond donors (Lipinski definition) is 4. The molecule has 4 rings (SSSR count). The van der Waals surface area contributed by atoms with E-state index in [0.29, 0.717) is 19.6 Å². The molecule has 0 unspecified atom stereocenters. The van der Waals surface area contributed by atoms with E-state index in [-0.39, 0.29) is 31.3 Å². The summed E-state index contributed by atoms with van der Waals surface area (Å²) in [7, 11) is 0. The van der Waals surface area contributed by atoms with E-state index < -0.39 is 18.1 Å². The number of nitrogens with zero attached hydrogens (tertiary/aromatic N) is 1. The zero-order valence-electron chi connectivity index (χ0n) is 17.9. The second-order valence-corrected chi connectivity index (χ2v) is 8.30. The first-order valence-corrected chi connectivity index (χ1v) is 10.9. The number of carbonyl (C=O) groups is 2. The van der Waals surface area contributed by atoms with Gasteiger partial charge in [-0.25, -0.2) is 4.79 Å². The number of anilines is 3. The Morgan fingerprint density at radius 3 is 2.15 bits per heavy atom. The van der Waals surface area contributed by atoms with E-state index in [9.17, 15) is 22.8 Å². The molecular formula is C23H26F3N5O2. The normalized spacial score (nSPS) is 19.1. The molecule has 2 aliphatic heterocycles. The van der Waals surface area contributed by atoms with Gasteiger partial charge in [0.1, 0.15) is 6.04 Å². The number of alkyl halides is 3. The van der Waals surface area contributed by atoms with E-state index in [1.807, 2.05) is 53.4 Å². The predicted octanol–water partition coefficient (Wildman–Crippen LogP) is 3.51. The molecule has 7 nitrogen and oxygen atoms in total. The van der Waals surface area contributed by atoms with Crippen molar-refractivity contribution in [3.8, 4) is 0 Å². The van der Waals surface area contributed by atoms with Crippen LogP contribution in [0.1, 0.15) is 18.4 Å². The summed E-state index contributed by atoms with van der Waals surface area (Å²) in [5.41, 5.74) is 3.58. The molecule has 33 heavy (non-hydrogen) atoms. The van der Waals surface area contributed by atoms with Crippen molar-refractivity contribution in [3.63, 3.8) is 0 Å². The number of amides is 3. The average Bonchev–Trinajstić information content (AvgIpc) is 3.25.